The number of piperidine rings is 1. The number of anilines is 4. The van der Waals surface area contributed by atoms with Crippen molar-refractivity contribution in [3.05, 3.63) is 165 Å². The van der Waals surface area contributed by atoms with Crippen LogP contribution in [-0.4, -0.2) is 322 Å². The molecule has 4 fully saturated rings. The van der Waals surface area contributed by atoms with E-state index in [1.54, 1.807) is 11.8 Å². The number of carbonyl (C=O) groups is 8. The third-order valence-corrected chi connectivity index (χ3v) is 24.1. The molecule has 8 heterocycles. The first kappa shape index (κ1) is 137. The van der Waals surface area contributed by atoms with Gasteiger partial charge in [0.05, 0.1) is 83.8 Å². The Bertz CT molecular complexity index is 5150. The third kappa shape index (κ3) is 42.8. The van der Waals surface area contributed by atoms with E-state index in [1.165, 1.54) is 96.9 Å². The predicted molar refractivity (Wildman–Crippen MR) is 547 cm³/mol. The molecule has 5 atom stereocenters. The fraction of sp³-hybridized carbons (Fsp3) is 0.511. The maximum absolute atomic E-state index is 13.0. The number of amides is 1. The number of Topliss-reactive ketones (excluding diaryl/α,β-unsaturated/α-hetero) is 1. The van der Waals surface area contributed by atoms with Gasteiger partial charge in [-0.1, -0.05) is 82.9 Å². The first-order chi connectivity index (χ1) is 64.6. The Morgan fingerprint density at radius 1 is 0.556 bits per heavy atom. The first-order valence-electron chi connectivity index (χ1n) is 42.4. The van der Waals surface area contributed by atoms with Crippen molar-refractivity contribution in [2.24, 2.45) is 5.92 Å². The summed E-state index contributed by atoms with van der Waals surface area (Å²) in [5.41, 5.74) is 6.49. The quantitative estimate of drug-likeness (QED) is 0.00483. The topological polar surface area (TPSA) is 517 Å². The molecule has 43 nitrogen and oxygen atoms in total. The maximum atomic E-state index is 13.0. The predicted octanol–water partition coefficient (Wildman–Crippen LogP) is 6.64. The van der Waals surface area contributed by atoms with Gasteiger partial charge in [0.2, 0.25) is 18.9 Å². The van der Waals surface area contributed by atoms with E-state index in [-0.39, 0.29) is 131 Å². The number of ketones is 1. The zero-order valence-electron chi connectivity index (χ0n) is 82.8. The van der Waals surface area contributed by atoms with Crippen molar-refractivity contribution in [3.63, 3.8) is 0 Å². The van der Waals surface area contributed by atoms with E-state index in [9.17, 15) is 52.4 Å². The molecule has 52 heteroatoms. The second kappa shape index (κ2) is 70.5. The summed E-state index contributed by atoms with van der Waals surface area (Å²) in [6.45, 7) is 39.3. The number of carboxylic acids is 2. The Morgan fingerprint density at radius 2 is 0.972 bits per heavy atom. The minimum absolute atomic E-state index is 0. The number of rotatable bonds is 27. The largest absolute Gasteiger partial charge is 1.00 e. The summed E-state index contributed by atoms with van der Waals surface area (Å²) in [7, 11) is 10.8. The van der Waals surface area contributed by atoms with Crippen LogP contribution in [0.1, 0.15) is 81.8 Å². The zero-order chi connectivity index (χ0) is 102. The number of aromatic nitrogens is 4. The number of likely N-dealkylation sites (N-methyl/N-ethyl adjacent to an activating group) is 2. The van der Waals surface area contributed by atoms with Crippen molar-refractivity contribution in [1.82, 2.24) is 34.6 Å². The first-order valence-corrected chi connectivity index (χ1v) is 46.6. The number of methoxy groups -OCH3 is 11. The van der Waals surface area contributed by atoms with Gasteiger partial charge in [0.15, 0.2) is 17.3 Å². The summed E-state index contributed by atoms with van der Waals surface area (Å²) in [5.74, 6) is -5.77. The van der Waals surface area contributed by atoms with Crippen molar-refractivity contribution in [2.75, 3.05) is 204 Å². The molecule has 1 unspecified atom stereocenters. The normalized spacial score (nSPS) is 15.8. The van der Waals surface area contributed by atoms with Crippen molar-refractivity contribution in [2.45, 2.75) is 116 Å². The number of carboxylic acid groups (broad SMARTS) is 2. The van der Waals surface area contributed by atoms with Gasteiger partial charge in [-0.3, -0.25) is 19.4 Å². The number of likely N-dealkylation sites (tertiary alicyclic amines) is 2. The molecular formula is C90H132Cl2N13NaO30P2S4. The van der Waals surface area contributed by atoms with E-state index in [4.69, 9.17) is 100.0 Å². The Kier molecular flexibility index (Phi) is 68.0. The molecule has 0 spiro atoms. The molecule has 6 aliphatic heterocycles. The molecule has 0 aliphatic carbocycles. The molecule has 4 saturated heterocycles. The van der Waals surface area contributed by atoms with Crippen LogP contribution in [0, 0.1) is 19.1 Å². The molecule has 2 aromatic heterocycles. The van der Waals surface area contributed by atoms with Crippen molar-refractivity contribution in [3.8, 4) is 12.0 Å². The fourth-order valence-corrected chi connectivity index (χ4v) is 14.9. The number of aliphatic carboxylic acids is 2. The zero-order valence-corrected chi connectivity index (χ0v) is 92.1. The van der Waals surface area contributed by atoms with Crippen LogP contribution in [0.5, 0.6) is 12.0 Å². The molecule has 0 bridgehead atoms. The Labute approximate surface area is 888 Å². The maximum Gasteiger partial charge on any atom is 1.00 e. The van der Waals surface area contributed by atoms with Crippen LogP contribution in [0.2, 0.25) is 10.0 Å². The second-order valence-electron chi connectivity index (χ2n) is 30.3. The summed E-state index contributed by atoms with van der Waals surface area (Å²) >= 11 is 13.4. The van der Waals surface area contributed by atoms with Crippen molar-refractivity contribution < 1.29 is 174 Å². The Morgan fingerprint density at radius 3 is 1.27 bits per heavy atom. The van der Waals surface area contributed by atoms with Gasteiger partial charge in [-0.25, -0.2) is 46.5 Å². The average molecular weight is 2160 g/mol. The van der Waals surface area contributed by atoms with Crippen LogP contribution >= 0.6 is 92.2 Å². The number of carbonyl (C=O) groups excluding carboxylic acids is 6. The minimum Gasteiger partial charge on any atom is -0.870 e. The number of fused-ring (bicyclic) bond motifs is 4. The Balaban J connectivity index is -0.00000176. The van der Waals surface area contributed by atoms with E-state index in [1.807, 2.05) is 24.3 Å². The number of esters is 4. The molecular weight excluding hydrogens is 2030 g/mol. The molecule has 142 heavy (non-hydrogen) atoms. The molecule has 0 radical (unpaired) electrons. The van der Waals surface area contributed by atoms with E-state index >= 15 is 0 Å². The van der Waals surface area contributed by atoms with Crippen LogP contribution < -0.4 is 63.5 Å². The van der Waals surface area contributed by atoms with Crippen LogP contribution in [0.25, 0.3) is 31.2 Å². The van der Waals surface area contributed by atoms with Crippen molar-refractivity contribution >= 4 is 184 Å². The van der Waals surface area contributed by atoms with Gasteiger partial charge in [0, 0.05) is 146 Å². The molecule has 1 amide bonds. The van der Waals surface area contributed by atoms with Gasteiger partial charge in [0.25, 0.3) is 18.2 Å². The summed E-state index contributed by atoms with van der Waals surface area (Å²) < 4.78 is 85.1. The molecule has 0 saturated carbocycles. The average Bonchev–Trinajstić information content (AvgIpc) is 0.792. The van der Waals surface area contributed by atoms with E-state index in [2.05, 4.69) is 164 Å². The van der Waals surface area contributed by atoms with Gasteiger partial charge in [-0.15, -0.1) is 0 Å². The summed E-state index contributed by atoms with van der Waals surface area (Å²) in [6, 6.07) is 26.0. The van der Waals surface area contributed by atoms with Crippen LogP contribution in [-0.2, 0) is 130 Å². The van der Waals surface area contributed by atoms with Gasteiger partial charge >= 0.3 is 92.4 Å². The van der Waals surface area contributed by atoms with Gasteiger partial charge in [-0.05, 0) is 134 Å². The monoisotopic (exact) mass is 2160 g/mol. The number of nitrogens with zero attached hydrogens (tertiary/aromatic N) is 13. The molecule has 5 N–H and O–H groups in total. The van der Waals surface area contributed by atoms with E-state index in [0.717, 1.165) is 163 Å². The smallest absolute Gasteiger partial charge is 0.870 e. The SMILES string of the molecule is C=C(OC)C(=O)O.C=C(OC)C(=O)OC.CCOC(=O)C(C)=O.COC(=O)C(=O)O.COC(=O)C(C)(OC)OC.COC(OC)OC.O=[P+]([O-])P(=O)(O)O.S.S.S.S.[C-]#[N+]C[C@@H]1CCCN(c2nc(OC[C@@H]3CCCN3C)nc3c2CCN(c2cccc4cccc(Cl)c24)C3)C1.[C-]#[N+]C[C@H]1CN(c2nc(OC[C@@H]3CCCN3C)nc3c2CCN(c2cccc4cccc(Cl)c24)C3)CCN1C(=O)C(=C)OC.[Na+].[OH-]. The number of benzene rings is 4. The number of hydrogen-bond donors (Lipinski definition) is 4. The number of ether oxygens (including phenoxy) is 14. The molecule has 786 valence electrons. The van der Waals surface area contributed by atoms with Crippen molar-refractivity contribution in [1.29, 1.82) is 0 Å². The number of hydrogen-bond acceptors (Lipinski definition) is 36. The van der Waals surface area contributed by atoms with Crippen LogP contribution in [0.4, 0.5) is 23.0 Å². The number of piperazine rings is 1. The van der Waals surface area contributed by atoms with Gasteiger partial charge < -0.3 is 131 Å². The number of halogens is 2. The van der Waals surface area contributed by atoms with E-state index < -0.39 is 68.9 Å². The summed E-state index contributed by atoms with van der Waals surface area (Å²) in [5, 5.41) is 21.5. The van der Waals surface area contributed by atoms with Gasteiger partial charge in [-0.2, -0.15) is 73.9 Å². The molecule has 6 aliphatic rings. The standard InChI is InChI=1S/C33H38ClN7O3.C30H35ClN6O.C6H12O4.2C5H8O3.C4H10O3.C4H6O3.C3H4O4.Na.H2O5P2.H2O.4H2S/c1-22(43-4)32(42)41-17-16-40(19-25(41)18-35-2)31-26-13-15-39(29-12-6-9-23-8-5-11-27(34)30(23)29)20-28(26)36-33(37-31)44-21-24-10-7-14-38(24)3;1-32-17-21-7-5-15-37(18-21)29-24-13-16-36(27-12-4-9-22-8-3-11-25(31)28(22)27)19-26(24)33-30(34-29)38-20-23-10-6-14-35(23)2;1-6(9-3,10-4)5(7)8-2;1-4(7-2)5(6)8-3;1-3-8-5(7)4(2)6;1-5-4(6-2)7-3;1-3(7-2)4(5)6;1-7-3(6)2(4)5;;1-6(2)7(3,4)5;;;;;/h5-6,8-9,11-12,24-25H,1,7,10,13-21H2,3-4H3;3-4,8-9,11-12,21,23H,5-7,10,13-20H2,2H3;1-4H3;1H2,2-3H3;3H2,1-2H3;4H,1-3H3;1H2,2H3,(H,5,6);1H3,(H,4,5);;(H2,3,4,5);5*1H2/q;;;;;;;;+1;;;;;;/p-1/t24-,25-;21-,23-;;;;;;;;;;;;;/m00............./s1. The fourth-order valence-electron chi connectivity index (χ4n) is 14.3. The Hall–Kier alpha value is -9.21. The van der Waals surface area contributed by atoms with Crippen LogP contribution in [0.15, 0.2) is 110 Å². The second-order valence-corrected chi connectivity index (χ2v) is 35.2. The minimum atomic E-state index is -4.78. The summed E-state index contributed by atoms with van der Waals surface area (Å²) in [6.07, 6.45) is 8.40. The molecule has 6 aromatic rings. The van der Waals surface area contributed by atoms with Gasteiger partial charge in [0.1, 0.15) is 30.9 Å². The molecule has 12 rings (SSSR count). The third-order valence-electron chi connectivity index (χ3n) is 21.7. The summed E-state index contributed by atoms with van der Waals surface area (Å²) in [4.78, 5) is 151. The van der Waals surface area contributed by atoms with Crippen LogP contribution in [0.3, 0.4) is 0 Å². The molecule has 4 aromatic carbocycles. The van der Waals surface area contributed by atoms with E-state index in [0.29, 0.717) is 82.5 Å².